The number of sulfonamides is 1. The molecular weight excluding hydrogens is 426 g/mol. The minimum absolute atomic E-state index is 0.198. The molecule has 8 nitrogen and oxygen atoms in total. The van der Waals surface area contributed by atoms with Crippen molar-refractivity contribution < 1.29 is 12.8 Å². The Bertz CT molecular complexity index is 999. The first-order valence-electron chi connectivity index (χ1n) is 11.5. The topological polar surface area (TPSA) is 102 Å². The average Bonchev–Trinajstić information content (AvgIpc) is 3.02. The van der Waals surface area contributed by atoms with Crippen molar-refractivity contribution in [1.82, 2.24) is 14.2 Å². The third kappa shape index (κ3) is 5.88. The Hall–Kier alpha value is -2.41. The molecule has 0 unspecified atom stereocenters. The summed E-state index contributed by atoms with van der Waals surface area (Å²) in [5, 5.41) is 12.6. The standard InChI is InChI=1S/C23H33N5O3S/c1-3-27(4-2)15-9-14-25-23-21(18-24)26-22(31-23)19-10-12-20(13-11-19)32(29,30)28-16-7-5-6-8-17-28/h10-13,25H,3-9,14-17H2,1-2H3. The second-order valence-electron chi connectivity index (χ2n) is 7.96. The van der Waals surface area contributed by atoms with Crippen LogP contribution in [0, 0.1) is 11.3 Å². The van der Waals surface area contributed by atoms with Crippen LogP contribution in [-0.2, 0) is 10.0 Å². The van der Waals surface area contributed by atoms with Crippen LogP contribution in [0.5, 0.6) is 0 Å². The molecular formula is C23H33N5O3S. The van der Waals surface area contributed by atoms with Crippen LogP contribution in [0.4, 0.5) is 5.88 Å². The third-order valence-corrected chi connectivity index (χ3v) is 7.78. The van der Waals surface area contributed by atoms with Crippen LogP contribution in [0.25, 0.3) is 11.5 Å². The normalized spacial score (nSPS) is 15.4. The van der Waals surface area contributed by atoms with Gasteiger partial charge < -0.3 is 14.6 Å². The third-order valence-electron chi connectivity index (χ3n) is 5.87. The minimum atomic E-state index is -3.50. The largest absolute Gasteiger partial charge is 0.419 e. The second-order valence-corrected chi connectivity index (χ2v) is 9.90. The lowest BCUT2D eigenvalue weighted by atomic mass is 10.2. The Morgan fingerprint density at radius 2 is 1.78 bits per heavy atom. The maximum atomic E-state index is 13.0. The maximum Gasteiger partial charge on any atom is 0.243 e. The molecule has 3 rings (SSSR count). The summed E-state index contributed by atoms with van der Waals surface area (Å²) < 4.78 is 33.3. The number of benzene rings is 1. The average molecular weight is 460 g/mol. The van der Waals surface area contributed by atoms with Gasteiger partial charge in [-0.3, -0.25) is 0 Å². The Morgan fingerprint density at radius 1 is 1.12 bits per heavy atom. The van der Waals surface area contributed by atoms with E-state index in [4.69, 9.17) is 4.42 Å². The van der Waals surface area contributed by atoms with E-state index in [0.717, 1.165) is 51.7 Å². The summed E-state index contributed by atoms with van der Waals surface area (Å²) in [4.78, 5) is 6.88. The van der Waals surface area contributed by atoms with Crippen molar-refractivity contribution >= 4 is 15.9 Å². The molecule has 1 saturated heterocycles. The molecule has 0 radical (unpaired) electrons. The Morgan fingerprint density at radius 3 is 2.38 bits per heavy atom. The molecule has 1 aliphatic rings. The number of hydrogen-bond acceptors (Lipinski definition) is 7. The summed E-state index contributed by atoms with van der Waals surface area (Å²) in [6, 6.07) is 8.60. The number of nitrogens with zero attached hydrogens (tertiary/aromatic N) is 4. The van der Waals surface area contributed by atoms with Gasteiger partial charge in [0, 0.05) is 25.2 Å². The molecule has 1 fully saturated rings. The maximum absolute atomic E-state index is 13.0. The molecule has 0 amide bonds. The highest BCUT2D eigenvalue weighted by Gasteiger charge is 2.25. The van der Waals surface area contributed by atoms with Crippen LogP contribution in [-0.4, -0.2) is 61.9 Å². The highest BCUT2D eigenvalue weighted by Crippen LogP contribution is 2.27. The summed E-state index contributed by atoms with van der Waals surface area (Å²) >= 11 is 0. The lowest BCUT2D eigenvalue weighted by molar-refractivity contribution is 0.302. The molecule has 9 heteroatoms. The summed E-state index contributed by atoms with van der Waals surface area (Å²) in [6.45, 7) is 9.07. The van der Waals surface area contributed by atoms with E-state index in [-0.39, 0.29) is 10.6 Å². The van der Waals surface area contributed by atoms with Crippen LogP contribution in [0.3, 0.4) is 0 Å². The van der Waals surface area contributed by atoms with E-state index in [1.54, 1.807) is 28.6 Å². The molecule has 2 aromatic rings. The summed E-state index contributed by atoms with van der Waals surface area (Å²) in [5.41, 5.74) is 0.830. The fourth-order valence-corrected chi connectivity index (χ4v) is 5.40. The van der Waals surface area contributed by atoms with Crippen LogP contribution < -0.4 is 5.32 Å². The highest BCUT2D eigenvalue weighted by molar-refractivity contribution is 7.89. The molecule has 1 N–H and O–H groups in total. The van der Waals surface area contributed by atoms with E-state index in [0.29, 0.717) is 37.0 Å². The van der Waals surface area contributed by atoms with E-state index in [2.05, 4.69) is 35.1 Å². The number of hydrogen-bond donors (Lipinski definition) is 1. The fraction of sp³-hybridized carbons (Fsp3) is 0.565. The van der Waals surface area contributed by atoms with Crippen molar-refractivity contribution in [1.29, 1.82) is 5.26 Å². The first-order valence-corrected chi connectivity index (χ1v) is 12.9. The zero-order chi connectivity index (χ0) is 23.0. The number of oxazole rings is 1. The SMILES string of the molecule is CCN(CC)CCCNc1oc(-c2ccc(S(=O)(=O)N3CCCCCC3)cc2)nc1C#N. The van der Waals surface area contributed by atoms with Gasteiger partial charge in [0.2, 0.25) is 27.5 Å². The van der Waals surface area contributed by atoms with Crippen LogP contribution in [0.15, 0.2) is 33.6 Å². The number of rotatable bonds is 10. The number of nitriles is 1. The highest BCUT2D eigenvalue weighted by atomic mass is 32.2. The molecule has 1 aliphatic heterocycles. The molecule has 0 atom stereocenters. The predicted molar refractivity (Wildman–Crippen MR) is 125 cm³/mol. The lowest BCUT2D eigenvalue weighted by Gasteiger charge is -2.19. The molecule has 32 heavy (non-hydrogen) atoms. The van der Waals surface area contributed by atoms with Gasteiger partial charge in [0.15, 0.2) is 0 Å². The van der Waals surface area contributed by atoms with Gasteiger partial charge in [-0.1, -0.05) is 26.7 Å². The number of anilines is 1. The summed E-state index contributed by atoms with van der Waals surface area (Å²) in [6.07, 6.45) is 4.86. The van der Waals surface area contributed by atoms with Crippen LogP contribution in [0.1, 0.15) is 51.6 Å². The van der Waals surface area contributed by atoms with Crippen LogP contribution in [0.2, 0.25) is 0 Å². The predicted octanol–water partition coefficient (Wildman–Crippen LogP) is 3.92. The van der Waals surface area contributed by atoms with E-state index in [1.807, 2.05) is 0 Å². The Balaban J connectivity index is 1.68. The molecule has 0 saturated carbocycles. The van der Waals surface area contributed by atoms with Gasteiger partial charge in [0.25, 0.3) is 0 Å². The summed E-state index contributed by atoms with van der Waals surface area (Å²) in [7, 11) is -3.50. The molecule has 2 heterocycles. The Labute approximate surface area is 191 Å². The van der Waals surface area contributed by atoms with Gasteiger partial charge in [-0.25, -0.2) is 8.42 Å². The van der Waals surface area contributed by atoms with E-state index >= 15 is 0 Å². The number of aromatic nitrogens is 1. The van der Waals surface area contributed by atoms with Crippen LogP contribution >= 0.6 is 0 Å². The fourth-order valence-electron chi connectivity index (χ4n) is 3.88. The quantitative estimate of drug-likeness (QED) is 0.537. The zero-order valence-electron chi connectivity index (χ0n) is 19.0. The van der Waals surface area contributed by atoms with Crippen molar-refractivity contribution in [3.8, 4) is 17.5 Å². The molecule has 0 spiro atoms. The first kappa shape index (κ1) is 24.2. The number of nitrogens with one attached hydrogen (secondary N) is 1. The van der Waals surface area contributed by atoms with E-state index in [1.165, 1.54) is 0 Å². The summed E-state index contributed by atoms with van der Waals surface area (Å²) in [5.74, 6) is 0.648. The van der Waals surface area contributed by atoms with Gasteiger partial charge in [-0.15, -0.1) is 0 Å². The smallest absolute Gasteiger partial charge is 0.243 e. The van der Waals surface area contributed by atoms with E-state index in [9.17, 15) is 13.7 Å². The molecule has 1 aromatic heterocycles. The van der Waals surface area contributed by atoms with Crippen molar-refractivity contribution in [3.63, 3.8) is 0 Å². The lowest BCUT2D eigenvalue weighted by Crippen LogP contribution is -2.31. The molecule has 0 aliphatic carbocycles. The first-order chi connectivity index (χ1) is 15.5. The van der Waals surface area contributed by atoms with Gasteiger partial charge in [0.05, 0.1) is 4.90 Å². The van der Waals surface area contributed by atoms with Gasteiger partial charge >= 0.3 is 0 Å². The van der Waals surface area contributed by atoms with Crippen molar-refractivity contribution in [2.75, 3.05) is 44.6 Å². The van der Waals surface area contributed by atoms with E-state index < -0.39 is 10.0 Å². The zero-order valence-corrected chi connectivity index (χ0v) is 19.8. The van der Waals surface area contributed by atoms with Gasteiger partial charge in [0.1, 0.15) is 6.07 Å². The molecule has 0 bridgehead atoms. The second kappa shape index (κ2) is 11.5. The Kier molecular flexibility index (Phi) is 8.67. The van der Waals surface area contributed by atoms with Crippen molar-refractivity contribution in [3.05, 3.63) is 30.0 Å². The van der Waals surface area contributed by atoms with Gasteiger partial charge in [-0.05, 0) is 63.2 Å². The molecule has 1 aromatic carbocycles. The molecule has 174 valence electrons. The van der Waals surface area contributed by atoms with Crippen molar-refractivity contribution in [2.45, 2.75) is 50.8 Å². The monoisotopic (exact) mass is 459 g/mol. The van der Waals surface area contributed by atoms with Crippen molar-refractivity contribution in [2.24, 2.45) is 0 Å². The minimum Gasteiger partial charge on any atom is -0.419 e. The van der Waals surface area contributed by atoms with Gasteiger partial charge in [-0.2, -0.15) is 14.6 Å².